The summed E-state index contributed by atoms with van der Waals surface area (Å²) in [4.78, 5) is 4.29. The van der Waals surface area contributed by atoms with Crippen LogP contribution < -0.4 is 0 Å². The highest BCUT2D eigenvalue weighted by atomic mass is 15.3. The van der Waals surface area contributed by atoms with Gasteiger partial charge in [0.05, 0.1) is 0 Å². The van der Waals surface area contributed by atoms with Crippen LogP contribution in [0.5, 0.6) is 0 Å². The van der Waals surface area contributed by atoms with Crippen LogP contribution >= 0.6 is 0 Å². The maximum atomic E-state index is 4.29. The third-order valence-electron chi connectivity index (χ3n) is 2.19. The zero-order chi connectivity index (χ0) is 10.7. The van der Waals surface area contributed by atoms with Crippen molar-refractivity contribution in [1.82, 2.24) is 14.8 Å². The van der Waals surface area contributed by atoms with Crippen LogP contribution in [0.4, 0.5) is 0 Å². The molecule has 0 N–H and O–H groups in total. The highest BCUT2D eigenvalue weighted by molar-refractivity contribution is 5.27. The third kappa shape index (κ3) is 2.43. The molecule has 0 aliphatic heterocycles. The lowest BCUT2D eigenvalue weighted by Crippen LogP contribution is -2.00. The van der Waals surface area contributed by atoms with Crippen molar-refractivity contribution in [3.05, 3.63) is 42.4 Å². The van der Waals surface area contributed by atoms with Crippen molar-refractivity contribution < 1.29 is 0 Å². The first kappa shape index (κ1) is 9.90. The highest BCUT2D eigenvalue weighted by Gasteiger charge is 2.01. The number of hydrogen-bond acceptors (Lipinski definition) is 2. The summed E-state index contributed by atoms with van der Waals surface area (Å²) in [7, 11) is 0. The molecule has 0 unspecified atom stereocenters. The van der Waals surface area contributed by atoms with E-state index in [1.807, 2.05) is 18.5 Å². The molecule has 0 saturated carbocycles. The predicted octanol–water partition coefficient (Wildman–Crippen LogP) is 2.47. The van der Waals surface area contributed by atoms with Crippen LogP contribution in [0.3, 0.4) is 0 Å². The second-order valence-electron chi connectivity index (χ2n) is 4.07. The van der Waals surface area contributed by atoms with Gasteiger partial charge in [0.1, 0.15) is 0 Å². The van der Waals surface area contributed by atoms with Crippen molar-refractivity contribution in [2.24, 2.45) is 5.92 Å². The van der Waals surface area contributed by atoms with Crippen LogP contribution in [-0.4, -0.2) is 14.8 Å². The first-order valence-electron chi connectivity index (χ1n) is 5.20. The first-order valence-corrected chi connectivity index (χ1v) is 5.20. The van der Waals surface area contributed by atoms with E-state index < -0.39 is 0 Å². The van der Waals surface area contributed by atoms with Crippen molar-refractivity contribution in [3.63, 3.8) is 0 Å². The van der Waals surface area contributed by atoms with Crippen molar-refractivity contribution in [2.45, 2.75) is 20.3 Å². The van der Waals surface area contributed by atoms with Crippen LogP contribution in [0, 0.1) is 5.92 Å². The van der Waals surface area contributed by atoms with Gasteiger partial charge in [-0.15, -0.1) is 0 Å². The molecule has 0 amide bonds. The Kier molecular flexibility index (Phi) is 2.81. The second-order valence-corrected chi connectivity index (χ2v) is 4.07. The lowest BCUT2D eigenvalue weighted by molar-refractivity contribution is 0.645. The number of rotatable bonds is 3. The normalized spacial score (nSPS) is 10.9. The molecule has 0 spiro atoms. The first-order chi connectivity index (χ1) is 7.25. The van der Waals surface area contributed by atoms with Crippen LogP contribution in [-0.2, 0) is 6.42 Å². The molecule has 2 heterocycles. The topological polar surface area (TPSA) is 30.7 Å². The SMILES string of the molecule is CC(C)Cc1ccnc(-n2cccn2)c1. The quantitative estimate of drug-likeness (QED) is 0.763. The van der Waals surface area contributed by atoms with Crippen LogP contribution in [0.1, 0.15) is 19.4 Å². The van der Waals surface area contributed by atoms with E-state index in [1.54, 1.807) is 10.9 Å². The van der Waals surface area contributed by atoms with Crippen molar-refractivity contribution in [3.8, 4) is 5.82 Å². The molecular weight excluding hydrogens is 186 g/mol. The van der Waals surface area contributed by atoms with Gasteiger partial charge >= 0.3 is 0 Å². The van der Waals surface area contributed by atoms with Gasteiger partial charge in [0.25, 0.3) is 0 Å². The van der Waals surface area contributed by atoms with Gasteiger partial charge in [-0.1, -0.05) is 13.8 Å². The van der Waals surface area contributed by atoms with Crippen molar-refractivity contribution in [2.75, 3.05) is 0 Å². The fraction of sp³-hybridized carbons (Fsp3) is 0.333. The minimum absolute atomic E-state index is 0.665. The maximum absolute atomic E-state index is 4.29. The fourth-order valence-corrected chi connectivity index (χ4v) is 1.59. The van der Waals surface area contributed by atoms with E-state index >= 15 is 0 Å². The Labute approximate surface area is 89.8 Å². The van der Waals surface area contributed by atoms with E-state index in [1.165, 1.54) is 5.56 Å². The van der Waals surface area contributed by atoms with Gasteiger partial charge < -0.3 is 0 Å². The Morgan fingerprint density at radius 1 is 1.33 bits per heavy atom. The minimum Gasteiger partial charge on any atom is -0.237 e. The zero-order valence-corrected chi connectivity index (χ0v) is 9.09. The van der Waals surface area contributed by atoms with Gasteiger partial charge in [-0.05, 0) is 36.1 Å². The summed E-state index contributed by atoms with van der Waals surface area (Å²) in [5.74, 6) is 1.55. The molecule has 0 aliphatic rings. The minimum atomic E-state index is 0.665. The molecule has 3 heteroatoms. The Balaban J connectivity index is 2.27. The number of aromatic nitrogens is 3. The molecule has 0 saturated heterocycles. The Morgan fingerprint density at radius 2 is 2.20 bits per heavy atom. The number of nitrogens with zero attached hydrogens (tertiary/aromatic N) is 3. The van der Waals surface area contributed by atoms with Crippen LogP contribution in [0.25, 0.3) is 5.82 Å². The zero-order valence-electron chi connectivity index (χ0n) is 9.09. The smallest absolute Gasteiger partial charge is 0.153 e. The molecule has 0 aromatic carbocycles. The molecule has 2 rings (SSSR count). The largest absolute Gasteiger partial charge is 0.237 e. The van der Waals surface area contributed by atoms with Crippen LogP contribution in [0.15, 0.2) is 36.8 Å². The van der Waals surface area contributed by atoms with Crippen LogP contribution in [0.2, 0.25) is 0 Å². The van der Waals surface area contributed by atoms with Gasteiger partial charge in [-0.2, -0.15) is 5.10 Å². The second kappa shape index (κ2) is 4.26. The van der Waals surface area contributed by atoms with Gasteiger partial charge in [0.15, 0.2) is 5.82 Å². The fourth-order valence-electron chi connectivity index (χ4n) is 1.59. The molecule has 2 aromatic heterocycles. The lowest BCUT2D eigenvalue weighted by atomic mass is 10.0. The molecule has 78 valence electrons. The summed E-state index contributed by atoms with van der Waals surface area (Å²) in [5, 5.41) is 4.16. The average molecular weight is 201 g/mol. The van der Waals surface area contributed by atoms with E-state index in [0.29, 0.717) is 5.92 Å². The highest BCUT2D eigenvalue weighted by Crippen LogP contribution is 2.10. The summed E-state index contributed by atoms with van der Waals surface area (Å²) >= 11 is 0. The Hall–Kier alpha value is -1.64. The Morgan fingerprint density at radius 3 is 2.87 bits per heavy atom. The Bertz CT molecular complexity index is 418. The summed E-state index contributed by atoms with van der Waals surface area (Å²) in [6, 6.07) is 6.05. The van der Waals surface area contributed by atoms with Crippen molar-refractivity contribution in [1.29, 1.82) is 0 Å². The van der Waals surface area contributed by atoms with Gasteiger partial charge in [0, 0.05) is 18.6 Å². The molecule has 0 aliphatic carbocycles. The number of pyridine rings is 1. The van der Waals surface area contributed by atoms with E-state index in [4.69, 9.17) is 0 Å². The molecule has 15 heavy (non-hydrogen) atoms. The maximum Gasteiger partial charge on any atom is 0.153 e. The van der Waals surface area contributed by atoms with Gasteiger partial charge in [0.2, 0.25) is 0 Å². The van der Waals surface area contributed by atoms with Crippen molar-refractivity contribution >= 4 is 0 Å². The molecule has 0 atom stereocenters. The molecule has 0 radical (unpaired) electrons. The summed E-state index contributed by atoms with van der Waals surface area (Å²) in [5.41, 5.74) is 1.31. The summed E-state index contributed by atoms with van der Waals surface area (Å²) in [6.07, 6.45) is 6.59. The molecule has 2 aromatic rings. The predicted molar refractivity (Wildman–Crippen MR) is 59.9 cm³/mol. The average Bonchev–Trinajstić information content (AvgIpc) is 2.69. The third-order valence-corrected chi connectivity index (χ3v) is 2.19. The number of hydrogen-bond donors (Lipinski definition) is 0. The lowest BCUT2D eigenvalue weighted by Gasteiger charge is -2.06. The van der Waals surface area contributed by atoms with E-state index in [9.17, 15) is 0 Å². The monoisotopic (exact) mass is 201 g/mol. The summed E-state index contributed by atoms with van der Waals surface area (Å²) < 4.78 is 1.78. The van der Waals surface area contributed by atoms with E-state index in [-0.39, 0.29) is 0 Å². The molecule has 0 fully saturated rings. The van der Waals surface area contributed by atoms with Gasteiger partial charge in [-0.25, -0.2) is 9.67 Å². The molecule has 0 bridgehead atoms. The summed E-state index contributed by atoms with van der Waals surface area (Å²) in [6.45, 7) is 4.43. The van der Waals surface area contributed by atoms with E-state index in [2.05, 4.69) is 36.1 Å². The molecular formula is C12H15N3. The van der Waals surface area contributed by atoms with E-state index in [0.717, 1.165) is 12.2 Å². The van der Waals surface area contributed by atoms with Gasteiger partial charge in [-0.3, -0.25) is 0 Å². The standard InChI is InChI=1S/C12H15N3/c1-10(2)8-11-4-6-13-12(9-11)15-7-3-5-14-15/h3-7,9-10H,8H2,1-2H3. The molecule has 3 nitrogen and oxygen atoms in total.